The van der Waals surface area contributed by atoms with Crippen molar-refractivity contribution in [1.29, 1.82) is 0 Å². The predicted octanol–water partition coefficient (Wildman–Crippen LogP) is 4.01. The lowest BCUT2D eigenvalue weighted by atomic mass is 9.89. The van der Waals surface area contributed by atoms with Crippen molar-refractivity contribution >= 4 is 5.69 Å². The van der Waals surface area contributed by atoms with Gasteiger partial charge in [-0.3, -0.25) is 0 Å². The summed E-state index contributed by atoms with van der Waals surface area (Å²) >= 11 is 0. The molecule has 0 saturated carbocycles. The van der Waals surface area contributed by atoms with Crippen molar-refractivity contribution in [1.82, 2.24) is 0 Å². The zero-order valence-electron chi connectivity index (χ0n) is 10.5. The lowest BCUT2D eigenvalue weighted by Gasteiger charge is -2.26. The van der Waals surface area contributed by atoms with Crippen LogP contribution in [0.4, 0.5) is 5.69 Å². The maximum absolute atomic E-state index is 3.87. The normalized spacial score (nSPS) is 23.1. The number of rotatable bonds is 3. The van der Waals surface area contributed by atoms with E-state index in [2.05, 4.69) is 67.9 Å². The first-order valence-electron chi connectivity index (χ1n) is 6.03. The third-order valence-corrected chi connectivity index (χ3v) is 3.33. The van der Waals surface area contributed by atoms with Crippen LogP contribution in [0, 0.1) is 11.8 Å². The van der Waals surface area contributed by atoms with Crippen LogP contribution in [0.15, 0.2) is 66.9 Å². The van der Waals surface area contributed by atoms with Gasteiger partial charge in [0, 0.05) is 24.4 Å². The molecule has 2 unspecified atom stereocenters. The Morgan fingerprint density at radius 3 is 2.53 bits per heavy atom. The second-order valence-corrected chi connectivity index (χ2v) is 4.52. The molecule has 0 spiro atoms. The monoisotopic (exact) mass is 225 g/mol. The summed E-state index contributed by atoms with van der Waals surface area (Å²) in [5.74, 6) is 0.974. The van der Waals surface area contributed by atoms with Crippen molar-refractivity contribution in [2.75, 3.05) is 11.9 Å². The van der Waals surface area contributed by atoms with E-state index in [1.54, 1.807) is 0 Å². The highest BCUT2D eigenvalue weighted by atomic mass is 15.1. The highest BCUT2D eigenvalue weighted by molar-refractivity contribution is 5.54. The molecular formula is C16H19N. The van der Waals surface area contributed by atoms with Gasteiger partial charge in [-0.1, -0.05) is 43.4 Å². The van der Waals surface area contributed by atoms with E-state index in [1.807, 2.05) is 12.1 Å². The van der Waals surface area contributed by atoms with Crippen molar-refractivity contribution in [2.24, 2.45) is 11.8 Å². The van der Waals surface area contributed by atoms with Crippen LogP contribution >= 0.6 is 0 Å². The van der Waals surface area contributed by atoms with Crippen molar-refractivity contribution in [2.45, 2.75) is 6.92 Å². The van der Waals surface area contributed by atoms with Crippen LogP contribution < -0.4 is 4.90 Å². The maximum Gasteiger partial charge on any atom is 0.0407 e. The molecule has 1 aromatic rings. The molecule has 0 heterocycles. The zero-order valence-corrected chi connectivity index (χ0v) is 10.5. The van der Waals surface area contributed by atoms with Gasteiger partial charge in [-0.25, -0.2) is 0 Å². The maximum atomic E-state index is 3.87. The number of likely N-dealkylation sites (N-methyl/N-ethyl adjacent to an activating group) is 1. The van der Waals surface area contributed by atoms with Gasteiger partial charge in [0.25, 0.3) is 0 Å². The lowest BCUT2D eigenvalue weighted by Crippen LogP contribution is -2.19. The third-order valence-electron chi connectivity index (χ3n) is 3.33. The molecule has 0 aliphatic heterocycles. The Bertz CT molecular complexity index is 442. The number of benzene rings is 1. The Morgan fingerprint density at radius 2 is 1.94 bits per heavy atom. The summed E-state index contributed by atoms with van der Waals surface area (Å²) in [7, 11) is 2.10. The Balaban J connectivity index is 2.20. The van der Waals surface area contributed by atoms with Gasteiger partial charge < -0.3 is 4.90 Å². The first kappa shape index (κ1) is 11.7. The molecule has 0 fully saturated rings. The molecule has 2 atom stereocenters. The second kappa shape index (κ2) is 5.05. The van der Waals surface area contributed by atoms with Crippen LogP contribution in [0.3, 0.4) is 0 Å². The fourth-order valence-electron chi connectivity index (χ4n) is 2.14. The van der Waals surface area contributed by atoms with Crippen LogP contribution in [0.1, 0.15) is 6.92 Å². The first-order valence-corrected chi connectivity index (χ1v) is 6.03. The Kier molecular flexibility index (Phi) is 3.48. The van der Waals surface area contributed by atoms with Crippen molar-refractivity contribution in [3.63, 3.8) is 0 Å². The average Bonchev–Trinajstić information content (AvgIpc) is 2.39. The summed E-state index contributed by atoms with van der Waals surface area (Å²) in [4.78, 5) is 2.21. The van der Waals surface area contributed by atoms with E-state index >= 15 is 0 Å². The Hall–Kier alpha value is -1.76. The van der Waals surface area contributed by atoms with Gasteiger partial charge in [0.15, 0.2) is 0 Å². The summed E-state index contributed by atoms with van der Waals surface area (Å²) in [5.41, 5.74) is 2.47. The quantitative estimate of drug-likeness (QED) is 0.702. The molecule has 0 radical (unpaired) electrons. The van der Waals surface area contributed by atoms with Gasteiger partial charge in [0.05, 0.1) is 0 Å². The van der Waals surface area contributed by atoms with Gasteiger partial charge in [0.1, 0.15) is 0 Å². The lowest BCUT2D eigenvalue weighted by molar-refractivity contribution is 0.599. The van der Waals surface area contributed by atoms with E-state index in [0.717, 1.165) is 0 Å². The second-order valence-electron chi connectivity index (χ2n) is 4.52. The number of anilines is 1. The topological polar surface area (TPSA) is 3.24 Å². The van der Waals surface area contributed by atoms with E-state index < -0.39 is 0 Å². The fourth-order valence-corrected chi connectivity index (χ4v) is 2.14. The molecule has 0 amide bonds. The van der Waals surface area contributed by atoms with Crippen LogP contribution in [-0.2, 0) is 0 Å². The summed E-state index contributed by atoms with van der Waals surface area (Å²) in [6.07, 6.45) is 8.72. The Labute approximate surface area is 104 Å². The minimum atomic E-state index is 0.461. The molecule has 17 heavy (non-hydrogen) atoms. The smallest absolute Gasteiger partial charge is 0.0407 e. The van der Waals surface area contributed by atoms with Gasteiger partial charge in [-0.15, -0.1) is 6.58 Å². The first-order chi connectivity index (χ1) is 8.22. The van der Waals surface area contributed by atoms with E-state index in [4.69, 9.17) is 0 Å². The largest absolute Gasteiger partial charge is 0.345 e. The minimum absolute atomic E-state index is 0.461. The average molecular weight is 225 g/mol. The summed E-state index contributed by atoms with van der Waals surface area (Å²) in [5, 5.41) is 0. The molecule has 1 nitrogen and oxygen atoms in total. The fraction of sp³-hybridized carbons (Fsp3) is 0.250. The van der Waals surface area contributed by atoms with E-state index in [1.165, 1.54) is 11.4 Å². The summed E-state index contributed by atoms with van der Waals surface area (Å²) in [6, 6.07) is 10.4. The summed E-state index contributed by atoms with van der Waals surface area (Å²) < 4.78 is 0. The number of allylic oxidation sites excluding steroid dienone is 4. The number of hydrogen-bond donors (Lipinski definition) is 0. The van der Waals surface area contributed by atoms with E-state index in [9.17, 15) is 0 Å². The predicted molar refractivity (Wildman–Crippen MR) is 74.9 cm³/mol. The molecule has 1 aliphatic carbocycles. The molecule has 1 heteroatoms. The highest BCUT2D eigenvalue weighted by Gasteiger charge is 2.15. The SMILES string of the molecule is C=CC1C=CC(N(C)c2ccccc2)=CC1C. The standard InChI is InChI=1S/C16H19N/c1-4-14-10-11-16(12-13(14)2)17(3)15-8-6-5-7-9-15/h4-14H,1H2,2-3H3. The van der Waals surface area contributed by atoms with Gasteiger partial charge in [-0.2, -0.15) is 0 Å². The number of nitrogens with zero attached hydrogens (tertiary/aromatic N) is 1. The minimum Gasteiger partial charge on any atom is -0.345 e. The number of para-hydroxylation sites is 1. The molecule has 1 aliphatic rings. The van der Waals surface area contributed by atoms with Crippen LogP contribution in [-0.4, -0.2) is 7.05 Å². The van der Waals surface area contributed by atoms with Crippen molar-refractivity contribution in [3.8, 4) is 0 Å². The molecule has 2 rings (SSSR count). The molecular weight excluding hydrogens is 206 g/mol. The molecule has 1 aromatic carbocycles. The zero-order chi connectivity index (χ0) is 12.3. The van der Waals surface area contributed by atoms with Crippen LogP contribution in [0.2, 0.25) is 0 Å². The van der Waals surface area contributed by atoms with Crippen LogP contribution in [0.5, 0.6) is 0 Å². The third kappa shape index (κ3) is 2.50. The summed E-state index contributed by atoms with van der Waals surface area (Å²) in [6.45, 7) is 6.10. The van der Waals surface area contributed by atoms with E-state index in [-0.39, 0.29) is 0 Å². The van der Waals surface area contributed by atoms with E-state index in [0.29, 0.717) is 11.8 Å². The van der Waals surface area contributed by atoms with Crippen LogP contribution in [0.25, 0.3) is 0 Å². The molecule has 0 N–H and O–H groups in total. The van der Waals surface area contributed by atoms with Gasteiger partial charge >= 0.3 is 0 Å². The van der Waals surface area contributed by atoms with Gasteiger partial charge in [0.2, 0.25) is 0 Å². The molecule has 0 saturated heterocycles. The molecule has 88 valence electrons. The molecule has 0 bridgehead atoms. The highest BCUT2D eigenvalue weighted by Crippen LogP contribution is 2.27. The number of hydrogen-bond acceptors (Lipinski definition) is 1. The molecule has 0 aromatic heterocycles. The van der Waals surface area contributed by atoms with Gasteiger partial charge in [-0.05, 0) is 24.1 Å². The van der Waals surface area contributed by atoms with Crippen molar-refractivity contribution in [3.05, 3.63) is 66.9 Å². The van der Waals surface area contributed by atoms with Crippen molar-refractivity contribution < 1.29 is 0 Å². The Morgan fingerprint density at radius 1 is 1.24 bits per heavy atom.